The Bertz CT molecular complexity index is 159. The zero-order valence-corrected chi connectivity index (χ0v) is 9.81. The maximum atomic E-state index is 3.97. The normalized spacial score (nSPS) is 10.7. The number of nitrogens with one attached hydrogen (secondary N) is 1. The molecule has 0 aromatic rings. The quantitative estimate of drug-likeness (QED) is 0.433. The minimum absolute atomic E-state index is 1.00. The summed E-state index contributed by atoms with van der Waals surface area (Å²) in [6.07, 6.45) is 12.1. The summed E-state index contributed by atoms with van der Waals surface area (Å²) in [6.45, 7) is 9.17. The first-order valence-corrected chi connectivity index (χ1v) is 5.84. The average Bonchev–Trinajstić information content (AvgIpc) is 2.17. The van der Waals surface area contributed by atoms with E-state index in [0.29, 0.717) is 0 Å². The van der Waals surface area contributed by atoms with Crippen LogP contribution in [0.15, 0.2) is 24.4 Å². The van der Waals surface area contributed by atoms with Gasteiger partial charge in [-0.05, 0) is 39.5 Å². The van der Waals surface area contributed by atoms with Crippen LogP contribution in [0.1, 0.15) is 52.4 Å². The standard InChI is InChI=1S/C13H25N/c1-4-6-7-8-9-10-11-12-13(3)14-5-2/h4,6,14H,3,5,7-12H2,1-2H3. The molecule has 0 rings (SSSR count). The van der Waals surface area contributed by atoms with Gasteiger partial charge < -0.3 is 5.32 Å². The molecule has 0 atom stereocenters. The van der Waals surface area contributed by atoms with Gasteiger partial charge in [-0.15, -0.1) is 0 Å². The molecule has 0 spiro atoms. The highest BCUT2D eigenvalue weighted by Gasteiger charge is 1.92. The van der Waals surface area contributed by atoms with Crippen molar-refractivity contribution in [3.05, 3.63) is 24.4 Å². The van der Waals surface area contributed by atoms with Gasteiger partial charge in [0, 0.05) is 12.2 Å². The molecule has 0 amide bonds. The molecule has 0 aliphatic rings. The second-order valence-electron chi connectivity index (χ2n) is 3.66. The third-order valence-corrected chi connectivity index (χ3v) is 2.26. The minimum atomic E-state index is 1.00. The van der Waals surface area contributed by atoms with Crippen LogP contribution in [0.3, 0.4) is 0 Å². The van der Waals surface area contributed by atoms with Gasteiger partial charge in [0.05, 0.1) is 0 Å². The van der Waals surface area contributed by atoms with Gasteiger partial charge in [-0.3, -0.25) is 0 Å². The monoisotopic (exact) mass is 195 g/mol. The van der Waals surface area contributed by atoms with Crippen molar-refractivity contribution in [3.63, 3.8) is 0 Å². The molecular weight excluding hydrogens is 170 g/mol. The van der Waals surface area contributed by atoms with Crippen molar-refractivity contribution in [1.82, 2.24) is 5.32 Å². The van der Waals surface area contributed by atoms with Crippen LogP contribution in [-0.4, -0.2) is 6.54 Å². The first-order valence-electron chi connectivity index (χ1n) is 5.84. The molecule has 0 aromatic heterocycles. The highest BCUT2D eigenvalue weighted by atomic mass is 14.9. The molecular formula is C13H25N. The SMILES string of the molecule is C=C(CCCCCCC=CC)NCC. The van der Waals surface area contributed by atoms with Crippen LogP contribution >= 0.6 is 0 Å². The van der Waals surface area contributed by atoms with E-state index in [1.165, 1.54) is 37.8 Å². The van der Waals surface area contributed by atoms with Crippen molar-refractivity contribution >= 4 is 0 Å². The largest absolute Gasteiger partial charge is 0.389 e. The number of hydrogen-bond acceptors (Lipinski definition) is 1. The van der Waals surface area contributed by atoms with E-state index in [0.717, 1.165) is 13.0 Å². The van der Waals surface area contributed by atoms with E-state index in [1.54, 1.807) is 0 Å². The number of rotatable bonds is 9. The van der Waals surface area contributed by atoms with Crippen molar-refractivity contribution in [3.8, 4) is 0 Å². The van der Waals surface area contributed by atoms with Crippen LogP contribution in [0, 0.1) is 0 Å². The van der Waals surface area contributed by atoms with Crippen LogP contribution in [-0.2, 0) is 0 Å². The van der Waals surface area contributed by atoms with E-state index in [-0.39, 0.29) is 0 Å². The maximum absolute atomic E-state index is 3.97. The summed E-state index contributed by atoms with van der Waals surface area (Å²) in [7, 11) is 0. The molecule has 0 fully saturated rings. The van der Waals surface area contributed by atoms with Crippen LogP contribution < -0.4 is 5.32 Å². The molecule has 0 aromatic carbocycles. The molecule has 14 heavy (non-hydrogen) atoms. The van der Waals surface area contributed by atoms with Crippen LogP contribution in [0.4, 0.5) is 0 Å². The van der Waals surface area contributed by atoms with Crippen LogP contribution in [0.25, 0.3) is 0 Å². The van der Waals surface area contributed by atoms with E-state index in [9.17, 15) is 0 Å². The summed E-state index contributed by atoms with van der Waals surface area (Å²) in [4.78, 5) is 0. The lowest BCUT2D eigenvalue weighted by Gasteiger charge is -2.06. The molecule has 0 saturated heterocycles. The van der Waals surface area contributed by atoms with Gasteiger partial charge in [-0.1, -0.05) is 31.6 Å². The summed E-state index contributed by atoms with van der Waals surface area (Å²) < 4.78 is 0. The molecule has 0 aliphatic carbocycles. The van der Waals surface area contributed by atoms with Gasteiger partial charge in [-0.25, -0.2) is 0 Å². The molecule has 0 radical (unpaired) electrons. The van der Waals surface area contributed by atoms with Crippen molar-refractivity contribution in [2.45, 2.75) is 52.4 Å². The van der Waals surface area contributed by atoms with E-state index in [4.69, 9.17) is 0 Å². The first-order chi connectivity index (χ1) is 6.81. The van der Waals surface area contributed by atoms with E-state index in [2.05, 4.69) is 37.9 Å². The third kappa shape index (κ3) is 9.37. The molecule has 82 valence electrons. The van der Waals surface area contributed by atoms with Gasteiger partial charge in [0.25, 0.3) is 0 Å². The average molecular weight is 195 g/mol. The van der Waals surface area contributed by atoms with Crippen LogP contribution in [0.5, 0.6) is 0 Å². The highest BCUT2D eigenvalue weighted by Crippen LogP contribution is 2.08. The zero-order valence-electron chi connectivity index (χ0n) is 9.81. The predicted octanol–water partition coefficient (Wildman–Crippen LogP) is 4.03. The molecule has 1 N–H and O–H groups in total. The molecule has 0 bridgehead atoms. The first kappa shape index (κ1) is 13.3. The van der Waals surface area contributed by atoms with Gasteiger partial charge in [0.1, 0.15) is 0 Å². The highest BCUT2D eigenvalue weighted by molar-refractivity contribution is 4.89. The van der Waals surface area contributed by atoms with Crippen molar-refractivity contribution in [1.29, 1.82) is 0 Å². The summed E-state index contributed by atoms with van der Waals surface area (Å²) in [6, 6.07) is 0. The van der Waals surface area contributed by atoms with E-state index in [1.807, 2.05) is 0 Å². The molecule has 0 heterocycles. The lowest BCUT2D eigenvalue weighted by molar-refractivity contribution is 0.628. The lowest BCUT2D eigenvalue weighted by Crippen LogP contribution is -2.10. The Balaban J connectivity index is 3.09. The number of unbranched alkanes of at least 4 members (excludes halogenated alkanes) is 4. The van der Waals surface area contributed by atoms with E-state index >= 15 is 0 Å². The predicted molar refractivity (Wildman–Crippen MR) is 65.3 cm³/mol. The molecule has 0 aliphatic heterocycles. The Morgan fingerprint density at radius 2 is 1.93 bits per heavy atom. The summed E-state index contributed by atoms with van der Waals surface area (Å²) in [5, 5.41) is 3.25. The smallest absolute Gasteiger partial charge is 0.0115 e. The Hall–Kier alpha value is -0.720. The summed E-state index contributed by atoms with van der Waals surface area (Å²) >= 11 is 0. The Morgan fingerprint density at radius 1 is 1.21 bits per heavy atom. The van der Waals surface area contributed by atoms with Gasteiger partial charge in [-0.2, -0.15) is 0 Å². The maximum Gasteiger partial charge on any atom is 0.0115 e. The van der Waals surface area contributed by atoms with Crippen molar-refractivity contribution < 1.29 is 0 Å². The molecule has 0 saturated carbocycles. The van der Waals surface area contributed by atoms with Gasteiger partial charge >= 0.3 is 0 Å². The lowest BCUT2D eigenvalue weighted by atomic mass is 10.1. The summed E-state index contributed by atoms with van der Waals surface area (Å²) in [5.41, 5.74) is 1.20. The van der Waals surface area contributed by atoms with Crippen LogP contribution in [0.2, 0.25) is 0 Å². The fourth-order valence-electron chi connectivity index (χ4n) is 1.46. The number of hydrogen-bond donors (Lipinski definition) is 1. The van der Waals surface area contributed by atoms with Crippen molar-refractivity contribution in [2.75, 3.05) is 6.54 Å². The van der Waals surface area contributed by atoms with Gasteiger partial charge in [0.2, 0.25) is 0 Å². The Morgan fingerprint density at radius 3 is 2.57 bits per heavy atom. The zero-order chi connectivity index (χ0) is 10.6. The van der Waals surface area contributed by atoms with E-state index < -0.39 is 0 Å². The van der Waals surface area contributed by atoms with Gasteiger partial charge in [0.15, 0.2) is 0 Å². The fraction of sp³-hybridized carbons (Fsp3) is 0.692. The second kappa shape index (κ2) is 10.4. The Labute approximate surface area is 89.3 Å². The summed E-state index contributed by atoms with van der Waals surface area (Å²) in [5.74, 6) is 0. The Kier molecular flexibility index (Phi) is 9.83. The molecule has 1 nitrogen and oxygen atoms in total. The third-order valence-electron chi connectivity index (χ3n) is 2.26. The topological polar surface area (TPSA) is 12.0 Å². The van der Waals surface area contributed by atoms with Crippen molar-refractivity contribution in [2.24, 2.45) is 0 Å². The fourth-order valence-corrected chi connectivity index (χ4v) is 1.46. The minimum Gasteiger partial charge on any atom is -0.389 e. The molecule has 0 unspecified atom stereocenters. The number of allylic oxidation sites excluding steroid dienone is 3. The molecule has 1 heteroatoms. The second-order valence-corrected chi connectivity index (χ2v) is 3.66.